The van der Waals surface area contributed by atoms with Gasteiger partial charge in [-0.1, -0.05) is 30.3 Å². The fourth-order valence-electron chi connectivity index (χ4n) is 3.42. The fraction of sp³-hybridized carbons (Fsp3) is 0.250. The highest BCUT2D eigenvalue weighted by Gasteiger charge is 2.18. The quantitative estimate of drug-likeness (QED) is 0.729. The van der Waals surface area contributed by atoms with Crippen molar-refractivity contribution >= 4 is 10.0 Å². The summed E-state index contributed by atoms with van der Waals surface area (Å²) < 4.78 is 30.0. The summed E-state index contributed by atoms with van der Waals surface area (Å²) >= 11 is 0. The maximum absolute atomic E-state index is 12.7. The minimum Gasteiger partial charge on any atom is -0.268 e. The Kier molecular flexibility index (Phi) is 4.61. The SMILES string of the molecule is O=S(=O)(NCc1ccccc1Cn1cccn1)c1ccc2c(c1)CCC2. The molecule has 3 aromatic rings. The first-order valence-electron chi connectivity index (χ1n) is 8.77. The third-order valence-electron chi connectivity index (χ3n) is 4.84. The monoisotopic (exact) mass is 367 g/mol. The van der Waals surface area contributed by atoms with Gasteiger partial charge < -0.3 is 0 Å². The van der Waals surface area contributed by atoms with Crippen LogP contribution in [0.15, 0.2) is 65.8 Å². The van der Waals surface area contributed by atoms with E-state index in [2.05, 4.69) is 9.82 Å². The third kappa shape index (κ3) is 3.57. The molecule has 0 bridgehead atoms. The topological polar surface area (TPSA) is 64.0 Å². The first-order chi connectivity index (χ1) is 12.6. The molecule has 1 aromatic heterocycles. The van der Waals surface area contributed by atoms with Gasteiger partial charge in [-0.3, -0.25) is 4.68 Å². The molecule has 5 nitrogen and oxygen atoms in total. The van der Waals surface area contributed by atoms with Crippen LogP contribution in [-0.4, -0.2) is 18.2 Å². The Bertz CT molecular complexity index is 1010. The van der Waals surface area contributed by atoms with Crippen LogP contribution < -0.4 is 4.72 Å². The van der Waals surface area contributed by atoms with E-state index < -0.39 is 10.0 Å². The van der Waals surface area contributed by atoms with Crippen molar-refractivity contribution in [2.24, 2.45) is 0 Å². The molecular formula is C20H21N3O2S. The average Bonchev–Trinajstić information content (AvgIpc) is 3.32. The lowest BCUT2D eigenvalue weighted by Crippen LogP contribution is -2.24. The van der Waals surface area contributed by atoms with E-state index in [4.69, 9.17) is 0 Å². The number of nitrogens with zero attached hydrogens (tertiary/aromatic N) is 2. The van der Waals surface area contributed by atoms with Crippen LogP contribution in [0, 0.1) is 0 Å². The molecule has 6 heteroatoms. The predicted octanol–water partition coefficient (Wildman–Crippen LogP) is 2.90. The first kappa shape index (κ1) is 17.0. The van der Waals surface area contributed by atoms with Gasteiger partial charge in [0.2, 0.25) is 10.0 Å². The number of aryl methyl sites for hydroxylation is 2. The first-order valence-corrected chi connectivity index (χ1v) is 10.3. The van der Waals surface area contributed by atoms with E-state index in [0.29, 0.717) is 11.4 Å². The lowest BCUT2D eigenvalue weighted by atomic mass is 10.1. The Morgan fingerprint density at radius 1 is 1.00 bits per heavy atom. The largest absolute Gasteiger partial charge is 0.268 e. The molecule has 1 N–H and O–H groups in total. The summed E-state index contributed by atoms with van der Waals surface area (Å²) in [4.78, 5) is 0.350. The standard InChI is InChI=1S/C20H21N3O2S/c24-26(25,20-10-9-16-7-3-8-17(16)13-20)22-14-18-5-1-2-6-19(18)15-23-12-4-11-21-23/h1-2,4-6,9-13,22H,3,7-8,14-15H2. The number of hydrogen-bond donors (Lipinski definition) is 1. The van der Waals surface area contributed by atoms with Crippen molar-refractivity contribution in [3.05, 3.63) is 83.2 Å². The van der Waals surface area contributed by atoms with Crippen molar-refractivity contribution in [1.82, 2.24) is 14.5 Å². The zero-order chi connectivity index (χ0) is 18.0. The molecule has 1 aliphatic carbocycles. The lowest BCUT2D eigenvalue weighted by molar-refractivity contribution is 0.580. The molecular weight excluding hydrogens is 346 g/mol. The van der Waals surface area contributed by atoms with Crippen LogP contribution in [0.4, 0.5) is 0 Å². The van der Waals surface area contributed by atoms with Gasteiger partial charge in [-0.15, -0.1) is 0 Å². The van der Waals surface area contributed by atoms with Crippen molar-refractivity contribution in [3.8, 4) is 0 Å². The van der Waals surface area contributed by atoms with E-state index in [1.54, 1.807) is 12.3 Å². The number of rotatable bonds is 6. The second-order valence-electron chi connectivity index (χ2n) is 6.58. The average molecular weight is 367 g/mol. The van der Waals surface area contributed by atoms with Crippen molar-refractivity contribution in [1.29, 1.82) is 0 Å². The van der Waals surface area contributed by atoms with Gasteiger partial charge >= 0.3 is 0 Å². The van der Waals surface area contributed by atoms with Crippen LogP contribution in [-0.2, 0) is 36.0 Å². The summed E-state index contributed by atoms with van der Waals surface area (Å²) in [5.41, 5.74) is 4.43. The smallest absolute Gasteiger partial charge is 0.240 e. The van der Waals surface area contributed by atoms with Crippen molar-refractivity contribution in [2.45, 2.75) is 37.2 Å². The Labute approximate surface area is 153 Å². The summed E-state index contributed by atoms with van der Waals surface area (Å²) in [7, 11) is -3.53. The minimum absolute atomic E-state index is 0.261. The number of aromatic nitrogens is 2. The maximum Gasteiger partial charge on any atom is 0.240 e. The zero-order valence-corrected chi connectivity index (χ0v) is 15.2. The molecule has 1 heterocycles. The van der Waals surface area contributed by atoms with Crippen LogP contribution in [0.2, 0.25) is 0 Å². The second kappa shape index (κ2) is 7.05. The van der Waals surface area contributed by atoms with Gasteiger partial charge in [0.05, 0.1) is 11.4 Å². The normalized spacial score (nSPS) is 13.7. The molecule has 4 rings (SSSR count). The number of fused-ring (bicyclic) bond motifs is 1. The molecule has 0 saturated heterocycles. The second-order valence-corrected chi connectivity index (χ2v) is 8.35. The van der Waals surface area contributed by atoms with Gasteiger partial charge in [-0.05, 0) is 59.7 Å². The molecule has 0 unspecified atom stereocenters. The molecule has 0 amide bonds. The lowest BCUT2D eigenvalue weighted by Gasteiger charge is -2.12. The Morgan fingerprint density at radius 3 is 2.62 bits per heavy atom. The molecule has 0 fully saturated rings. The molecule has 26 heavy (non-hydrogen) atoms. The highest BCUT2D eigenvalue weighted by molar-refractivity contribution is 7.89. The maximum atomic E-state index is 12.7. The predicted molar refractivity (Wildman–Crippen MR) is 100 cm³/mol. The van der Waals surface area contributed by atoms with E-state index in [0.717, 1.165) is 36.0 Å². The molecule has 0 spiro atoms. The van der Waals surface area contributed by atoms with Crippen LogP contribution in [0.3, 0.4) is 0 Å². The van der Waals surface area contributed by atoms with Crippen LogP contribution >= 0.6 is 0 Å². The van der Waals surface area contributed by atoms with Gasteiger partial charge in [0, 0.05) is 18.9 Å². The number of nitrogens with one attached hydrogen (secondary N) is 1. The Hall–Kier alpha value is -2.44. The van der Waals surface area contributed by atoms with E-state index in [1.807, 2.05) is 53.3 Å². The van der Waals surface area contributed by atoms with E-state index in [9.17, 15) is 8.42 Å². The molecule has 0 saturated carbocycles. The van der Waals surface area contributed by atoms with Gasteiger partial charge in [0.1, 0.15) is 0 Å². The highest BCUT2D eigenvalue weighted by atomic mass is 32.2. The van der Waals surface area contributed by atoms with Crippen LogP contribution in [0.25, 0.3) is 0 Å². The van der Waals surface area contributed by atoms with Gasteiger partial charge in [0.25, 0.3) is 0 Å². The highest BCUT2D eigenvalue weighted by Crippen LogP contribution is 2.24. The van der Waals surface area contributed by atoms with Crippen LogP contribution in [0.1, 0.15) is 28.7 Å². The molecule has 0 radical (unpaired) electrons. The van der Waals surface area contributed by atoms with E-state index in [1.165, 1.54) is 5.56 Å². The summed E-state index contributed by atoms with van der Waals surface area (Å²) in [5.74, 6) is 0. The summed E-state index contributed by atoms with van der Waals surface area (Å²) in [6.45, 7) is 0.876. The number of sulfonamides is 1. The summed E-state index contributed by atoms with van der Waals surface area (Å²) in [5, 5.41) is 4.22. The molecule has 1 aliphatic rings. The van der Waals surface area contributed by atoms with Gasteiger partial charge in [-0.25, -0.2) is 13.1 Å². The van der Waals surface area contributed by atoms with Crippen LogP contribution in [0.5, 0.6) is 0 Å². The molecule has 2 aromatic carbocycles. The van der Waals surface area contributed by atoms with Gasteiger partial charge in [-0.2, -0.15) is 5.10 Å². The van der Waals surface area contributed by atoms with E-state index in [-0.39, 0.29) is 6.54 Å². The van der Waals surface area contributed by atoms with Crippen molar-refractivity contribution in [2.75, 3.05) is 0 Å². The minimum atomic E-state index is -3.53. The van der Waals surface area contributed by atoms with E-state index >= 15 is 0 Å². The number of benzene rings is 2. The zero-order valence-electron chi connectivity index (χ0n) is 14.4. The van der Waals surface area contributed by atoms with Gasteiger partial charge in [0.15, 0.2) is 0 Å². The third-order valence-corrected chi connectivity index (χ3v) is 6.24. The summed E-state index contributed by atoms with van der Waals surface area (Å²) in [6, 6.07) is 15.2. The molecule has 0 aliphatic heterocycles. The fourth-order valence-corrected chi connectivity index (χ4v) is 4.48. The van der Waals surface area contributed by atoms with Crippen molar-refractivity contribution in [3.63, 3.8) is 0 Å². The van der Waals surface area contributed by atoms with Crippen molar-refractivity contribution < 1.29 is 8.42 Å². The molecule has 0 atom stereocenters. The summed E-state index contributed by atoms with van der Waals surface area (Å²) in [6.07, 6.45) is 6.74. The molecule has 134 valence electrons. The number of hydrogen-bond acceptors (Lipinski definition) is 3. The Balaban J connectivity index is 1.52. The Morgan fingerprint density at radius 2 is 1.81 bits per heavy atom.